The Bertz CT molecular complexity index is 1200. The smallest absolute Gasteiger partial charge is 0.379 e. The van der Waals surface area contributed by atoms with Gasteiger partial charge in [-0.25, -0.2) is 4.79 Å². The number of methoxy groups -OCH3 is 1. The lowest BCUT2D eigenvalue weighted by Crippen LogP contribution is -2.27. The van der Waals surface area contributed by atoms with Gasteiger partial charge in [-0.05, 0) is 65.4 Å². The van der Waals surface area contributed by atoms with Crippen LogP contribution in [0.25, 0.3) is 6.08 Å². The topological polar surface area (TPSA) is 86.0 Å². The molecule has 1 aliphatic heterocycles. The number of hydrogen-bond donors (Lipinski definition) is 0. The molecule has 3 aromatic rings. The van der Waals surface area contributed by atoms with E-state index in [1.165, 1.54) is 24.3 Å². The summed E-state index contributed by atoms with van der Waals surface area (Å²) >= 11 is 6.74. The number of ether oxygens (including phenoxy) is 2. The van der Waals surface area contributed by atoms with E-state index in [1.807, 2.05) is 0 Å². The molecule has 1 aliphatic rings. The molecule has 1 fully saturated rings. The van der Waals surface area contributed by atoms with Gasteiger partial charge in [0.2, 0.25) is 5.76 Å². The van der Waals surface area contributed by atoms with Crippen molar-refractivity contribution in [3.8, 4) is 11.5 Å². The Labute approximate surface area is 192 Å². The number of halogens is 1. The number of carbonyl (C=O) groups excluding carboxylic acids is 3. The minimum atomic E-state index is -0.663. The Hall–Kier alpha value is -3.49. The third-order valence-corrected chi connectivity index (χ3v) is 5.70. The fraction of sp³-hybridized carbons (Fsp3) is 0.0870. The quantitative estimate of drug-likeness (QED) is 0.271. The molecule has 1 aromatic heterocycles. The van der Waals surface area contributed by atoms with Crippen molar-refractivity contribution in [2.24, 2.45) is 0 Å². The van der Waals surface area contributed by atoms with E-state index in [9.17, 15) is 14.4 Å². The Morgan fingerprint density at radius 3 is 2.59 bits per heavy atom. The van der Waals surface area contributed by atoms with Gasteiger partial charge in [-0.2, -0.15) is 0 Å². The van der Waals surface area contributed by atoms with Crippen LogP contribution in [0.1, 0.15) is 21.7 Å². The predicted molar refractivity (Wildman–Crippen MR) is 120 cm³/mol. The van der Waals surface area contributed by atoms with Crippen molar-refractivity contribution < 1.29 is 28.3 Å². The summed E-state index contributed by atoms with van der Waals surface area (Å²) in [4.78, 5) is 38.7. The van der Waals surface area contributed by atoms with Gasteiger partial charge in [-0.1, -0.05) is 29.8 Å². The van der Waals surface area contributed by atoms with Gasteiger partial charge in [-0.15, -0.1) is 0 Å². The fourth-order valence-corrected chi connectivity index (χ4v) is 3.93. The van der Waals surface area contributed by atoms with Crippen LogP contribution in [-0.2, 0) is 11.3 Å². The van der Waals surface area contributed by atoms with Crippen LogP contribution >= 0.6 is 23.4 Å². The van der Waals surface area contributed by atoms with Gasteiger partial charge in [-0.3, -0.25) is 14.5 Å². The summed E-state index contributed by atoms with van der Waals surface area (Å²) in [6, 6.07) is 14.8. The maximum Gasteiger partial charge on any atom is 0.379 e. The van der Waals surface area contributed by atoms with Crippen molar-refractivity contribution in [2.45, 2.75) is 6.54 Å². The molecule has 0 spiro atoms. The van der Waals surface area contributed by atoms with Crippen molar-refractivity contribution in [2.75, 3.05) is 7.11 Å². The molecule has 2 aromatic carbocycles. The van der Waals surface area contributed by atoms with E-state index in [4.69, 9.17) is 25.5 Å². The largest absolute Gasteiger partial charge is 0.493 e. The number of benzene rings is 2. The molecule has 0 atom stereocenters. The monoisotopic (exact) mass is 469 g/mol. The van der Waals surface area contributed by atoms with Crippen molar-refractivity contribution in [3.05, 3.63) is 87.7 Å². The number of nitrogens with zero attached hydrogens (tertiary/aromatic N) is 1. The molecule has 0 aliphatic carbocycles. The van der Waals surface area contributed by atoms with Gasteiger partial charge in [0, 0.05) is 5.02 Å². The number of rotatable bonds is 6. The summed E-state index contributed by atoms with van der Waals surface area (Å²) in [5.41, 5.74) is 1.40. The molecule has 1 saturated heterocycles. The molecule has 9 heteroatoms. The number of furan rings is 1. The van der Waals surface area contributed by atoms with Crippen molar-refractivity contribution in [1.29, 1.82) is 0 Å². The summed E-state index contributed by atoms with van der Waals surface area (Å²) in [5, 5.41) is 0.224. The SMILES string of the molecule is COc1cc(/C=C2\SC(=O)N(Cc3ccc(Cl)cc3)C2=O)ccc1OC(=O)c1ccco1. The summed E-state index contributed by atoms with van der Waals surface area (Å²) < 4.78 is 15.6. The highest BCUT2D eigenvalue weighted by molar-refractivity contribution is 8.18. The second-order valence-electron chi connectivity index (χ2n) is 6.67. The molecule has 7 nitrogen and oxygen atoms in total. The summed E-state index contributed by atoms with van der Waals surface area (Å²) in [6.07, 6.45) is 2.96. The number of amides is 2. The van der Waals surface area contributed by atoms with Crippen LogP contribution in [0.3, 0.4) is 0 Å². The maximum atomic E-state index is 12.8. The number of thioether (sulfide) groups is 1. The molecule has 0 saturated carbocycles. The van der Waals surface area contributed by atoms with E-state index < -0.39 is 5.97 Å². The first-order valence-electron chi connectivity index (χ1n) is 9.38. The highest BCUT2D eigenvalue weighted by Gasteiger charge is 2.35. The maximum absolute atomic E-state index is 12.8. The van der Waals surface area contributed by atoms with Crippen LogP contribution < -0.4 is 9.47 Å². The van der Waals surface area contributed by atoms with E-state index in [0.29, 0.717) is 16.3 Å². The molecular weight excluding hydrogens is 454 g/mol. The van der Waals surface area contributed by atoms with Crippen LogP contribution in [0.2, 0.25) is 5.02 Å². The second-order valence-corrected chi connectivity index (χ2v) is 8.10. The highest BCUT2D eigenvalue weighted by Crippen LogP contribution is 2.35. The van der Waals surface area contributed by atoms with Gasteiger partial charge >= 0.3 is 5.97 Å². The zero-order valence-corrected chi connectivity index (χ0v) is 18.3. The minimum Gasteiger partial charge on any atom is -0.493 e. The standard InChI is InChI=1S/C23H16ClNO6S/c1-29-19-11-15(6-9-17(19)31-22(27)18-3-2-10-30-18)12-20-21(26)25(23(28)32-20)13-14-4-7-16(24)8-5-14/h2-12H,13H2,1H3/b20-12-. The Morgan fingerprint density at radius 2 is 1.91 bits per heavy atom. The Kier molecular flexibility index (Phi) is 6.34. The molecule has 4 rings (SSSR count). The fourth-order valence-electron chi connectivity index (χ4n) is 2.96. The Balaban J connectivity index is 1.51. The highest BCUT2D eigenvalue weighted by atomic mass is 35.5. The first kappa shape index (κ1) is 21.7. The molecule has 0 unspecified atom stereocenters. The Morgan fingerprint density at radius 1 is 1.12 bits per heavy atom. The first-order chi connectivity index (χ1) is 15.4. The van der Waals surface area contributed by atoms with Crippen LogP contribution in [0.5, 0.6) is 11.5 Å². The number of carbonyl (C=O) groups is 3. The van der Waals surface area contributed by atoms with E-state index in [2.05, 4.69) is 0 Å². The molecule has 32 heavy (non-hydrogen) atoms. The molecule has 162 valence electrons. The van der Waals surface area contributed by atoms with E-state index >= 15 is 0 Å². The normalized spacial score (nSPS) is 14.8. The van der Waals surface area contributed by atoms with Crippen LogP contribution in [-0.4, -0.2) is 29.1 Å². The third kappa shape index (κ3) is 4.71. The molecule has 2 amide bonds. The van der Waals surface area contributed by atoms with Crippen LogP contribution in [0, 0.1) is 0 Å². The van der Waals surface area contributed by atoms with Gasteiger partial charge in [0.1, 0.15) is 0 Å². The minimum absolute atomic E-state index is 0.0606. The van der Waals surface area contributed by atoms with Crippen LogP contribution in [0.15, 0.2) is 70.2 Å². The molecule has 0 bridgehead atoms. The summed E-state index contributed by atoms with van der Waals surface area (Å²) in [7, 11) is 1.43. The predicted octanol–water partition coefficient (Wildman–Crippen LogP) is 5.40. The zero-order valence-electron chi connectivity index (χ0n) is 16.7. The lowest BCUT2D eigenvalue weighted by molar-refractivity contribution is -0.123. The van der Waals surface area contributed by atoms with E-state index in [0.717, 1.165) is 17.3 Å². The number of hydrogen-bond acceptors (Lipinski definition) is 7. The molecule has 0 N–H and O–H groups in total. The van der Waals surface area contributed by atoms with Crippen molar-refractivity contribution in [1.82, 2.24) is 4.90 Å². The van der Waals surface area contributed by atoms with E-state index in [1.54, 1.807) is 54.6 Å². The lowest BCUT2D eigenvalue weighted by Gasteiger charge is -2.12. The van der Waals surface area contributed by atoms with Crippen molar-refractivity contribution in [3.63, 3.8) is 0 Å². The zero-order chi connectivity index (χ0) is 22.7. The molecule has 2 heterocycles. The van der Waals surface area contributed by atoms with Crippen LogP contribution in [0.4, 0.5) is 4.79 Å². The van der Waals surface area contributed by atoms with Gasteiger partial charge in [0.15, 0.2) is 11.5 Å². The second kappa shape index (κ2) is 9.33. The van der Waals surface area contributed by atoms with Gasteiger partial charge in [0.25, 0.3) is 11.1 Å². The summed E-state index contributed by atoms with van der Waals surface area (Å²) in [5.74, 6) is -0.502. The average molecular weight is 470 g/mol. The molecule has 0 radical (unpaired) electrons. The van der Waals surface area contributed by atoms with Crippen molar-refractivity contribution >= 4 is 46.6 Å². The third-order valence-electron chi connectivity index (χ3n) is 4.54. The van der Waals surface area contributed by atoms with Gasteiger partial charge in [0.05, 0.1) is 24.8 Å². The number of esters is 1. The average Bonchev–Trinajstić information content (AvgIpc) is 3.41. The van der Waals surface area contributed by atoms with Gasteiger partial charge < -0.3 is 13.9 Å². The first-order valence-corrected chi connectivity index (χ1v) is 10.6. The van der Waals surface area contributed by atoms with E-state index in [-0.39, 0.29) is 34.1 Å². The molecular formula is C23H16ClNO6S. The number of imide groups is 1. The summed E-state index contributed by atoms with van der Waals surface area (Å²) in [6.45, 7) is 0.157. The lowest BCUT2D eigenvalue weighted by atomic mass is 10.1.